The normalized spacial score (nSPS) is 10.7. The summed E-state index contributed by atoms with van der Waals surface area (Å²) >= 11 is 5.15. The summed E-state index contributed by atoms with van der Waals surface area (Å²) in [4.78, 5) is 10.6. The number of aromatic nitrogens is 3. The number of rotatable bonds is 5. The molecule has 0 atom stereocenters. The number of nitrogens with one attached hydrogen (secondary N) is 1. The Kier molecular flexibility index (Phi) is 4.26. The highest BCUT2D eigenvalue weighted by Gasteiger charge is 2.15. The average Bonchev–Trinajstić information content (AvgIpc) is 2.78. The Bertz CT molecular complexity index is 692. The maximum atomic E-state index is 11.0. The van der Waals surface area contributed by atoms with Crippen molar-refractivity contribution in [1.82, 2.24) is 14.8 Å². The van der Waals surface area contributed by atoms with Crippen LogP contribution in [-0.4, -0.2) is 33.4 Å². The number of ether oxygens (including phenoxy) is 1. The summed E-state index contributed by atoms with van der Waals surface area (Å²) in [6.07, 6.45) is 0. The maximum absolute atomic E-state index is 11.0. The molecule has 1 aromatic carbocycles. The van der Waals surface area contributed by atoms with Gasteiger partial charge in [-0.05, 0) is 19.1 Å². The number of nitrogens with zero attached hydrogens (tertiary/aromatic N) is 3. The molecular formula is C12H14N4O3S. The Morgan fingerprint density at radius 2 is 2.30 bits per heavy atom. The van der Waals surface area contributed by atoms with E-state index in [0.29, 0.717) is 34.9 Å². The minimum atomic E-state index is -0.403. The lowest BCUT2D eigenvalue weighted by Gasteiger charge is -2.06. The number of benzene rings is 1. The second-order valence-electron chi connectivity index (χ2n) is 4.26. The Morgan fingerprint density at radius 3 is 2.95 bits per heavy atom. The topological polar surface area (TPSA) is 86.0 Å². The van der Waals surface area contributed by atoms with Crippen molar-refractivity contribution in [3.8, 4) is 11.4 Å². The number of aryl methyl sites for hydroxylation is 1. The summed E-state index contributed by atoms with van der Waals surface area (Å²) < 4.78 is 7.24. The quantitative estimate of drug-likeness (QED) is 0.520. The summed E-state index contributed by atoms with van der Waals surface area (Å²) in [5, 5.41) is 17.8. The highest BCUT2D eigenvalue weighted by atomic mass is 32.1. The van der Waals surface area contributed by atoms with Gasteiger partial charge in [0.05, 0.1) is 18.1 Å². The van der Waals surface area contributed by atoms with Gasteiger partial charge in [0.2, 0.25) is 0 Å². The van der Waals surface area contributed by atoms with Crippen LogP contribution < -0.4 is 0 Å². The first-order valence-corrected chi connectivity index (χ1v) is 6.35. The summed E-state index contributed by atoms with van der Waals surface area (Å²) in [6, 6.07) is 4.99. The minimum absolute atomic E-state index is 0.0645. The molecule has 0 spiro atoms. The lowest BCUT2D eigenvalue weighted by Crippen LogP contribution is -2.06. The van der Waals surface area contributed by atoms with E-state index >= 15 is 0 Å². The molecule has 0 aliphatic carbocycles. The molecule has 0 fully saturated rings. The van der Waals surface area contributed by atoms with E-state index in [1.807, 2.05) is 0 Å². The van der Waals surface area contributed by atoms with Gasteiger partial charge < -0.3 is 4.74 Å². The molecule has 2 aromatic rings. The van der Waals surface area contributed by atoms with Crippen molar-refractivity contribution in [1.29, 1.82) is 0 Å². The number of nitro benzene ring substituents is 1. The van der Waals surface area contributed by atoms with Crippen molar-refractivity contribution in [3.05, 3.63) is 38.6 Å². The largest absolute Gasteiger partial charge is 0.383 e. The fourth-order valence-corrected chi connectivity index (χ4v) is 2.10. The van der Waals surface area contributed by atoms with Gasteiger partial charge in [-0.1, -0.05) is 12.1 Å². The average molecular weight is 294 g/mol. The van der Waals surface area contributed by atoms with Crippen LogP contribution in [0.5, 0.6) is 0 Å². The second-order valence-corrected chi connectivity index (χ2v) is 4.64. The molecule has 0 aliphatic heterocycles. The zero-order valence-corrected chi connectivity index (χ0v) is 11.9. The van der Waals surface area contributed by atoms with Gasteiger partial charge in [0.15, 0.2) is 10.6 Å². The fraction of sp³-hybridized carbons (Fsp3) is 0.333. The molecule has 0 saturated carbocycles. The zero-order valence-electron chi connectivity index (χ0n) is 11.1. The molecule has 0 aliphatic rings. The van der Waals surface area contributed by atoms with Crippen LogP contribution in [0.3, 0.4) is 0 Å². The third-order valence-corrected chi connectivity index (χ3v) is 3.25. The van der Waals surface area contributed by atoms with Gasteiger partial charge in [-0.15, -0.1) is 0 Å². The smallest absolute Gasteiger partial charge is 0.273 e. The molecule has 0 unspecified atom stereocenters. The number of hydrogen-bond donors (Lipinski definition) is 1. The molecule has 0 bridgehead atoms. The fourth-order valence-electron chi connectivity index (χ4n) is 1.87. The molecule has 0 radical (unpaired) electrons. The molecule has 106 valence electrons. The van der Waals surface area contributed by atoms with Crippen LogP contribution in [0.2, 0.25) is 0 Å². The van der Waals surface area contributed by atoms with Crippen LogP contribution >= 0.6 is 12.2 Å². The Hall–Kier alpha value is -2.06. The number of methoxy groups -OCH3 is 1. The lowest BCUT2D eigenvalue weighted by molar-refractivity contribution is -0.385. The summed E-state index contributed by atoms with van der Waals surface area (Å²) in [5.74, 6) is 0.565. The van der Waals surface area contributed by atoms with Crippen molar-refractivity contribution < 1.29 is 9.66 Å². The van der Waals surface area contributed by atoms with Crippen LogP contribution in [0.1, 0.15) is 5.56 Å². The van der Waals surface area contributed by atoms with E-state index in [4.69, 9.17) is 17.0 Å². The molecule has 7 nitrogen and oxygen atoms in total. The highest BCUT2D eigenvalue weighted by molar-refractivity contribution is 7.71. The Morgan fingerprint density at radius 1 is 1.55 bits per heavy atom. The van der Waals surface area contributed by atoms with E-state index in [-0.39, 0.29) is 5.69 Å². The van der Waals surface area contributed by atoms with Crippen LogP contribution in [0.15, 0.2) is 18.2 Å². The number of H-pyrrole nitrogens is 1. The summed E-state index contributed by atoms with van der Waals surface area (Å²) in [7, 11) is 1.60. The SMILES string of the molecule is COCCn1c(-c2ccc(C)c([N+](=O)[O-])c2)n[nH]c1=S. The van der Waals surface area contributed by atoms with E-state index < -0.39 is 4.92 Å². The second kappa shape index (κ2) is 5.93. The molecule has 0 saturated heterocycles. The monoisotopic (exact) mass is 294 g/mol. The first-order chi connectivity index (χ1) is 9.54. The van der Waals surface area contributed by atoms with Crippen molar-refractivity contribution in [2.24, 2.45) is 0 Å². The van der Waals surface area contributed by atoms with Crippen molar-refractivity contribution >= 4 is 17.9 Å². The van der Waals surface area contributed by atoms with Crippen molar-refractivity contribution in [3.63, 3.8) is 0 Å². The predicted molar refractivity (Wildman–Crippen MR) is 76.1 cm³/mol. The molecule has 0 amide bonds. The van der Waals surface area contributed by atoms with Crippen molar-refractivity contribution in [2.45, 2.75) is 13.5 Å². The van der Waals surface area contributed by atoms with E-state index in [0.717, 1.165) is 0 Å². The standard InChI is InChI=1S/C12H14N4O3S/c1-8-3-4-9(7-10(8)16(17)18)11-13-14-12(20)15(11)5-6-19-2/h3-4,7H,5-6H2,1-2H3,(H,14,20). The van der Waals surface area contributed by atoms with Gasteiger partial charge in [0, 0.05) is 24.3 Å². The van der Waals surface area contributed by atoms with Crippen LogP contribution in [0.25, 0.3) is 11.4 Å². The molecular weight excluding hydrogens is 280 g/mol. The minimum Gasteiger partial charge on any atom is -0.383 e. The Balaban J connectivity index is 2.49. The first-order valence-electron chi connectivity index (χ1n) is 5.94. The number of aromatic amines is 1. The van der Waals surface area contributed by atoms with E-state index in [1.54, 1.807) is 30.7 Å². The summed E-state index contributed by atoms with van der Waals surface area (Å²) in [6.45, 7) is 2.71. The van der Waals surface area contributed by atoms with E-state index in [2.05, 4.69) is 10.2 Å². The van der Waals surface area contributed by atoms with Gasteiger partial charge in [-0.25, -0.2) is 0 Å². The molecule has 1 aromatic heterocycles. The summed E-state index contributed by atoms with van der Waals surface area (Å²) in [5.41, 5.74) is 1.32. The van der Waals surface area contributed by atoms with Crippen LogP contribution in [-0.2, 0) is 11.3 Å². The number of nitro groups is 1. The number of hydrogen-bond acceptors (Lipinski definition) is 5. The Labute approximate surface area is 120 Å². The van der Waals surface area contributed by atoms with Crippen molar-refractivity contribution in [2.75, 3.05) is 13.7 Å². The third-order valence-electron chi connectivity index (χ3n) is 2.94. The van der Waals surface area contributed by atoms with Gasteiger partial charge in [-0.3, -0.25) is 19.8 Å². The van der Waals surface area contributed by atoms with Crippen LogP contribution in [0, 0.1) is 21.8 Å². The lowest BCUT2D eigenvalue weighted by atomic mass is 10.1. The third kappa shape index (κ3) is 2.75. The van der Waals surface area contributed by atoms with E-state index in [9.17, 15) is 10.1 Å². The van der Waals surface area contributed by atoms with Gasteiger partial charge in [-0.2, -0.15) is 5.10 Å². The zero-order chi connectivity index (χ0) is 14.7. The van der Waals surface area contributed by atoms with Crippen LogP contribution in [0.4, 0.5) is 5.69 Å². The first kappa shape index (κ1) is 14.4. The molecule has 2 rings (SSSR count). The predicted octanol–water partition coefficient (Wildman–Crippen LogP) is 2.47. The van der Waals surface area contributed by atoms with Gasteiger partial charge in [0.1, 0.15) is 0 Å². The highest BCUT2D eigenvalue weighted by Crippen LogP contribution is 2.25. The van der Waals surface area contributed by atoms with Gasteiger partial charge >= 0.3 is 0 Å². The molecule has 1 heterocycles. The molecule has 8 heteroatoms. The molecule has 1 N–H and O–H groups in total. The van der Waals surface area contributed by atoms with E-state index in [1.165, 1.54) is 6.07 Å². The molecule has 20 heavy (non-hydrogen) atoms. The maximum Gasteiger partial charge on any atom is 0.273 e. The van der Waals surface area contributed by atoms with Gasteiger partial charge in [0.25, 0.3) is 5.69 Å².